The molecular formula is C12H17N5O. The Morgan fingerprint density at radius 3 is 2.67 bits per heavy atom. The molecule has 96 valence electrons. The summed E-state index contributed by atoms with van der Waals surface area (Å²) >= 11 is 0. The number of hydrogen-bond donors (Lipinski definition) is 1. The average Bonchev–Trinajstić information content (AvgIpc) is 2.87. The number of hydrogen-bond acceptors (Lipinski definition) is 5. The van der Waals surface area contributed by atoms with E-state index in [9.17, 15) is 0 Å². The first-order valence-corrected chi connectivity index (χ1v) is 5.80. The highest BCUT2D eigenvalue weighted by Gasteiger charge is 2.14. The molecule has 2 aromatic heterocycles. The zero-order chi connectivity index (χ0) is 13.1. The molecule has 2 aromatic rings. The second-order valence-corrected chi connectivity index (χ2v) is 4.17. The normalized spacial score (nSPS) is 10.7. The second-order valence-electron chi connectivity index (χ2n) is 4.17. The Bertz CT molecular complexity index is 535. The SMILES string of the molecule is CNc1ncnc(-n2ccc(C(C)C)n2)c1OC. The molecule has 0 fully saturated rings. The predicted molar refractivity (Wildman–Crippen MR) is 69.3 cm³/mol. The molecule has 0 radical (unpaired) electrons. The Morgan fingerprint density at radius 1 is 1.33 bits per heavy atom. The molecule has 2 heterocycles. The zero-order valence-electron chi connectivity index (χ0n) is 11.0. The summed E-state index contributed by atoms with van der Waals surface area (Å²) in [5.41, 5.74) is 1.02. The molecule has 0 aromatic carbocycles. The maximum atomic E-state index is 5.34. The van der Waals surface area contributed by atoms with Gasteiger partial charge in [0.25, 0.3) is 0 Å². The van der Waals surface area contributed by atoms with Crippen molar-refractivity contribution < 1.29 is 4.74 Å². The molecule has 6 nitrogen and oxygen atoms in total. The minimum atomic E-state index is 0.378. The van der Waals surface area contributed by atoms with Crippen molar-refractivity contribution in [2.24, 2.45) is 0 Å². The Kier molecular flexibility index (Phi) is 3.45. The third kappa shape index (κ3) is 2.13. The highest BCUT2D eigenvalue weighted by atomic mass is 16.5. The summed E-state index contributed by atoms with van der Waals surface area (Å²) in [6.07, 6.45) is 3.36. The number of rotatable bonds is 4. The first-order chi connectivity index (χ1) is 8.67. The van der Waals surface area contributed by atoms with Gasteiger partial charge in [0, 0.05) is 13.2 Å². The van der Waals surface area contributed by atoms with Gasteiger partial charge < -0.3 is 10.1 Å². The zero-order valence-corrected chi connectivity index (χ0v) is 11.0. The fraction of sp³-hybridized carbons (Fsp3) is 0.417. The van der Waals surface area contributed by atoms with E-state index in [-0.39, 0.29) is 0 Å². The lowest BCUT2D eigenvalue weighted by atomic mass is 10.1. The molecule has 0 aliphatic rings. The van der Waals surface area contributed by atoms with Crippen LogP contribution in [0.15, 0.2) is 18.6 Å². The summed E-state index contributed by atoms with van der Waals surface area (Å²) in [5, 5.41) is 7.45. The quantitative estimate of drug-likeness (QED) is 0.893. The third-order valence-corrected chi connectivity index (χ3v) is 2.64. The smallest absolute Gasteiger partial charge is 0.206 e. The molecule has 1 N–H and O–H groups in total. The Morgan fingerprint density at radius 2 is 2.11 bits per heavy atom. The van der Waals surface area contributed by atoms with Crippen molar-refractivity contribution in [2.45, 2.75) is 19.8 Å². The van der Waals surface area contributed by atoms with Crippen LogP contribution in [0.1, 0.15) is 25.5 Å². The molecule has 18 heavy (non-hydrogen) atoms. The standard InChI is InChI=1S/C12H17N5O/c1-8(2)9-5-6-17(16-9)12-10(18-4)11(13-3)14-7-15-12/h5-8H,1-4H3,(H,13,14,15). The highest BCUT2D eigenvalue weighted by Crippen LogP contribution is 2.27. The van der Waals surface area contributed by atoms with Gasteiger partial charge >= 0.3 is 0 Å². The summed E-state index contributed by atoms with van der Waals surface area (Å²) in [5.74, 6) is 2.23. The average molecular weight is 247 g/mol. The van der Waals surface area contributed by atoms with E-state index in [2.05, 4.69) is 34.2 Å². The van der Waals surface area contributed by atoms with E-state index in [4.69, 9.17) is 4.74 Å². The Labute approximate surface area is 106 Å². The first-order valence-electron chi connectivity index (χ1n) is 5.80. The number of aromatic nitrogens is 4. The van der Waals surface area contributed by atoms with Crippen LogP contribution in [-0.4, -0.2) is 33.9 Å². The molecule has 0 saturated carbocycles. The molecule has 6 heteroatoms. The van der Waals surface area contributed by atoms with E-state index >= 15 is 0 Å². The molecular weight excluding hydrogens is 230 g/mol. The number of nitrogens with zero attached hydrogens (tertiary/aromatic N) is 4. The first kappa shape index (κ1) is 12.3. The van der Waals surface area contributed by atoms with Gasteiger partial charge in [0.05, 0.1) is 12.8 Å². The summed E-state index contributed by atoms with van der Waals surface area (Å²) in [4.78, 5) is 8.33. The van der Waals surface area contributed by atoms with Gasteiger partial charge in [0.2, 0.25) is 11.6 Å². The van der Waals surface area contributed by atoms with Crippen LogP contribution in [-0.2, 0) is 0 Å². The second kappa shape index (κ2) is 5.03. The van der Waals surface area contributed by atoms with Crippen LogP contribution in [0, 0.1) is 0 Å². The van der Waals surface area contributed by atoms with Crippen LogP contribution in [0.3, 0.4) is 0 Å². The predicted octanol–water partition coefficient (Wildman–Crippen LogP) is 1.84. The molecule has 0 saturated heterocycles. The highest BCUT2D eigenvalue weighted by molar-refractivity contribution is 5.57. The van der Waals surface area contributed by atoms with E-state index in [1.165, 1.54) is 6.33 Å². The van der Waals surface area contributed by atoms with E-state index in [1.54, 1.807) is 18.8 Å². The van der Waals surface area contributed by atoms with Gasteiger partial charge in [-0.15, -0.1) is 0 Å². The van der Waals surface area contributed by atoms with Crippen LogP contribution in [0.5, 0.6) is 5.75 Å². The summed E-state index contributed by atoms with van der Waals surface area (Å²) in [7, 11) is 3.38. The van der Waals surface area contributed by atoms with Gasteiger partial charge in [-0.05, 0) is 12.0 Å². The Hall–Kier alpha value is -2.11. The topological polar surface area (TPSA) is 64.9 Å². The Balaban J connectivity index is 2.49. The van der Waals surface area contributed by atoms with E-state index in [0.29, 0.717) is 23.3 Å². The maximum Gasteiger partial charge on any atom is 0.206 e. The number of ether oxygens (including phenoxy) is 1. The molecule has 2 rings (SSSR count). The van der Waals surface area contributed by atoms with Crippen molar-refractivity contribution in [3.63, 3.8) is 0 Å². The molecule has 0 amide bonds. The van der Waals surface area contributed by atoms with Crippen molar-refractivity contribution in [3.05, 3.63) is 24.3 Å². The van der Waals surface area contributed by atoms with Crippen LogP contribution < -0.4 is 10.1 Å². The van der Waals surface area contributed by atoms with E-state index < -0.39 is 0 Å². The van der Waals surface area contributed by atoms with Gasteiger partial charge in [-0.3, -0.25) is 0 Å². The molecule has 0 aliphatic carbocycles. The molecule has 0 bridgehead atoms. The summed E-state index contributed by atoms with van der Waals surface area (Å²) in [6.45, 7) is 4.20. The van der Waals surface area contributed by atoms with Crippen LogP contribution in [0.2, 0.25) is 0 Å². The molecule has 0 atom stereocenters. The number of nitrogens with one attached hydrogen (secondary N) is 1. The van der Waals surface area contributed by atoms with Crippen molar-refractivity contribution in [3.8, 4) is 11.6 Å². The maximum absolute atomic E-state index is 5.34. The number of anilines is 1. The van der Waals surface area contributed by atoms with Crippen LogP contribution >= 0.6 is 0 Å². The van der Waals surface area contributed by atoms with Crippen molar-refractivity contribution in [1.29, 1.82) is 0 Å². The minimum absolute atomic E-state index is 0.378. The minimum Gasteiger partial charge on any atom is -0.490 e. The lowest BCUT2D eigenvalue weighted by Gasteiger charge is -2.10. The molecule has 0 spiro atoms. The van der Waals surface area contributed by atoms with Gasteiger partial charge in [-0.2, -0.15) is 5.10 Å². The lowest BCUT2D eigenvalue weighted by molar-refractivity contribution is 0.409. The van der Waals surface area contributed by atoms with Gasteiger partial charge in [-0.1, -0.05) is 13.8 Å². The fourth-order valence-corrected chi connectivity index (χ4v) is 1.66. The van der Waals surface area contributed by atoms with Crippen molar-refractivity contribution >= 4 is 5.82 Å². The number of methoxy groups -OCH3 is 1. The fourth-order valence-electron chi connectivity index (χ4n) is 1.66. The van der Waals surface area contributed by atoms with Crippen molar-refractivity contribution in [2.75, 3.05) is 19.5 Å². The van der Waals surface area contributed by atoms with E-state index in [0.717, 1.165) is 5.69 Å². The summed E-state index contributed by atoms with van der Waals surface area (Å²) in [6, 6.07) is 1.98. The largest absolute Gasteiger partial charge is 0.490 e. The third-order valence-electron chi connectivity index (χ3n) is 2.64. The van der Waals surface area contributed by atoms with Gasteiger partial charge in [-0.25, -0.2) is 14.6 Å². The molecule has 0 unspecified atom stereocenters. The van der Waals surface area contributed by atoms with Crippen LogP contribution in [0.4, 0.5) is 5.82 Å². The molecule has 0 aliphatic heterocycles. The monoisotopic (exact) mass is 247 g/mol. The summed E-state index contributed by atoms with van der Waals surface area (Å²) < 4.78 is 7.05. The van der Waals surface area contributed by atoms with Crippen molar-refractivity contribution in [1.82, 2.24) is 19.7 Å². The van der Waals surface area contributed by atoms with E-state index in [1.807, 2.05) is 12.3 Å². The van der Waals surface area contributed by atoms with Gasteiger partial charge in [0.15, 0.2) is 5.82 Å². The lowest BCUT2D eigenvalue weighted by Crippen LogP contribution is -2.06. The van der Waals surface area contributed by atoms with Gasteiger partial charge in [0.1, 0.15) is 6.33 Å². The van der Waals surface area contributed by atoms with Crippen LogP contribution in [0.25, 0.3) is 5.82 Å².